The van der Waals surface area contributed by atoms with Crippen LogP contribution >= 0.6 is 0 Å². The molecule has 2 heterocycles. The summed E-state index contributed by atoms with van der Waals surface area (Å²) in [4.78, 5) is 12.3. The molecule has 2 N–H and O–H groups in total. The number of hydrogen-bond acceptors (Lipinski definition) is 7. The minimum absolute atomic E-state index is 0.248. The summed E-state index contributed by atoms with van der Waals surface area (Å²) in [6.45, 7) is 1.29. The van der Waals surface area contributed by atoms with Crippen LogP contribution in [0, 0.1) is 10.1 Å². The van der Waals surface area contributed by atoms with Crippen LogP contribution in [0.3, 0.4) is 0 Å². The zero-order valence-corrected chi connectivity index (χ0v) is 15.4. The second-order valence-electron chi connectivity index (χ2n) is 7.08. The van der Waals surface area contributed by atoms with Crippen LogP contribution in [0.1, 0.15) is 43.5 Å². The van der Waals surface area contributed by atoms with Gasteiger partial charge in [-0.15, -0.1) is 10.2 Å². The first-order valence-electron chi connectivity index (χ1n) is 8.79. The van der Waals surface area contributed by atoms with Gasteiger partial charge < -0.3 is 9.47 Å². The molecule has 1 aromatic carbocycles. The van der Waals surface area contributed by atoms with E-state index in [2.05, 4.69) is 14.8 Å². The van der Waals surface area contributed by atoms with Crippen LogP contribution in [0.15, 0.2) is 29.4 Å². The fraction of sp³-hybridized carbons (Fsp3) is 0.500. The molecule has 1 aliphatic heterocycles. The highest BCUT2D eigenvalue weighted by Crippen LogP contribution is 2.39. The third-order valence-corrected chi connectivity index (χ3v) is 6.07. The number of piperidine rings is 1. The Morgan fingerprint density at radius 1 is 1.15 bits per heavy atom. The molecule has 0 atom stereocenters. The lowest BCUT2D eigenvalue weighted by Gasteiger charge is -2.33. The van der Waals surface area contributed by atoms with E-state index in [1.807, 2.05) is 4.90 Å². The maximum Gasteiger partial charge on any atom is 0.272 e. The van der Waals surface area contributed by atoms with E-state index >= 15 is 0 Å². The molecule has 2 fully saturated rings. The van der Waals surface area contributed by atoms with Gasteiger partial charge in [-0.1, -0.05) is 0 Å². The Bertz CT molecular complexity index is 977. The highest BCUT2D eigenvalue weighted by atomic mass is 32.2. The summed E-state index contributed by atoms with van der Waals surface area (Å²) < 4.78 is 25.5. The van der Waals surface area contributed by atoms with E-state index in [4.69, 9.17) is 5.14 Å². The Labute approximate surface area is 156 Å². The molecule has 1 saturated carbocycles. The average molecular weight is 392 g/mol. The Balaban J connectivity index is 1.54. The van der Waals surface area contributed by atoms with Crippen molar-refractivity contribution in [2.45, 2.75) is 42.5 Å². The number of anilines is 1. The van der Waals surface area contributed by atoms with E-state index in [-0.39, 0.29) is 16.5 Å². The number of nitrogens with two attached hydrogens (primary N) is 1. The minimum Gasteiger partial charge on any atom is -0.371 e. The van der Waals surface area contributed by atoms with Crippen molar-refractivity contribution in [2.75, 3.05) is 18.0 Å². The second kappa shape index (κ2) is 6.57. The summed E-state index contributed by atoms with van der Waals surface area (Å²) in [7, 11) is -4.03. The molecule has 0 spiro atoms. The predicted octanol–water partition coefficient (Wildman–Crippen LogP) is 1.55. The van der Waals surface area contributed by atoms with Crippen molar-refractivity contribution < 1.29 is 13.3 Å². The molecule has 0 bridgehead atoms. The summed E-state index contributed by atoms with van der Waals surface area (Å²) in [5.74, 6) is 1.28. The van der Waals surface area contributed by atoms with Crippen molar-refractivity contribution in [3.05, 3.63) is 40.5 Å². The first-order valence-corrected chi connectivity index (χ1v) is 10.3. The Hall–Kier alpha value is -2.53. The van der Waals surface area contributed by atoms with Crippen molar-refractivity contribution >= 4 is 21.4 Å². The highest BCUT2D eigenvalue weighted by molar-refractivity contribution is 7.89. The summed E-state index contributed by atoms with van der Waals surface area (Å²) in [5, 5.41) is 24.7. The number of nitrogens with zero attached hydrogens (tertiary/aromatic N) is 5. The van der Waals surface area contributed by atoms with Gasteiger partial charge in [0.2, 0.25) is 10.0 Å². The molecule has 11 heteroatoms. The van der Waals surface area contributed by atoms with Crippen LogP contribution in [0.2, 0.25) is 0 Å². The zero-order valence-electron chi connectivity index (χ0n) is 14.6. The van der Waals surface area contributed by atoms with Crippen molar-refractivity contribution in [1.82, 2.24) is 14.8 Å². The number of aromatic nitrogens is 3. The monoisotopic (exact) mass is 392 g/mol. The molecule has 4 rings (SSSR count). The molecule has 144 valence electrons. The average Bonchev–Trinajstić information content (AvgIpc) is 3.37. The SMILES string of the molecule is NS(=O)(=O)c1cc(N2CCC(c3nncn3C3CC3)CC2)cc([N+](=O)[O-])c1. The van der Waals surface area contributed by atoms with Crippen LogP contribution in [0.4, 0.5) is 11.4 Å². The summed E-state index contributed by atoms with van der Waals surface area (Å²) in [6.07, 6.45) is 5.75. The molecule has 1 aliphatic carbocycles. The molecule has 10 nitrogen and oxygen atoms in total. The van der Waals surface area contributed by atoms with Gasteiger partial charge in [0, 0.05) is 42.9 Å². The van der Waals surface area contributed by atoms with Gasteiger partial charge in [-0.2, -0.15) is 0 Å². The van der Waals surface area contributed by atoms with E-state index in [1.54, 1.807) is 6.33 Å². The highest BCUT2D eigenvalue weighted by Gasteiger charge is 2.31. The van der Waals surface area contributed by atoms with E-state index in [0.717, 1.165) is 37.6 Å². The summed E-state index contributed by atoms with van der Waals surface area (Å²) >= 11 is 0. The summed E-state index contributed by atoms with van der Waals surface area (Å²) in [5.41, 5.74) is 0.211. The first kappa shape index (κ1) is 17.9. The maximum atomic E-state index is 11.7. The number of nitro groups is 1. The normalized spacial score (nSPS) is 18.6. The number of rotatable bonds is 5. The van der Waals surface area contributed by atoms with Crippen molar-refractivity contribution in [1.29, 1.82) is 0 Å². The predicted molar refractivity (Wildman–Crippen MR) is 97.0 cm³/mol. The fourth-order valence-corrected chi connectivity index (χ4v) is 4.16. The largest absolute Gasteiger partial charge is 0.371 e. The molecule has 1 aromatic heterocycles. The van der Waals surface area contributed by atoms with E-state index in [0.29, 0.717) is 24.8 Å². The van der Waals surface area contributed by atoms with Gasteiger partial charge in [0.1, 0.15) is 12.2 Å². The minimum atomic E-state index is -4.03. The molecule has 0 radical (unpaired) electrons. The number of primary sulfonamides is 1. The second-order valence-corrected chi connectivity index (χ2v) is 8.64. The van der Waals surface area contributed by atoms with Gasteiger partial charge in [0.15, 0.2) is 0 Å². The van der Waals surface area contributed by atoms with Gasteiger partial charge in [0.25, 0.3) is 5.69 Å². The van der Waals surface area contributed by atoms with Gasteiger partial charge in [0.05, 0.1) is 9.82 Å². The van der Waals surface area contributed by atoms with Crippen LogP contribution in [0.5, 0.6) is 0 Å². The number of sulfonamides is 1. The molecule has 2 aromatic rings. The van der Waals surface area contributed by atoms with Gasteiger partial charge in [-0.25, -0.2) is 13.6 Å². The van der Waals surface area contributed by atoms with E-state index in [1.165, 1.54) is 12.1 Å². The van der Waals surface area contributed by atoms with E-state index < -0.39 is 14.9 Å². The van der Waals surface area contributed by atoms with Crippen molar-refractivity contribution in [3.8, 4) is 0 Å². The van der Waals surface area contributed by atoms with Crippen LogP contribution in [-0.2, 0) is 10.0 Å². The summed E-state index contributed by atoms with van der Waals surface area (Å²) in [6, 6.07) is 4.29. The fourth-order valence-electron chi connectivity index (χ4n) is 3.59. The van der Waals surface area contributed by atoms with Gasteiger partial charge in [-0.05, 0) is 31.7 Å². The molecule has 2 aliphatic rings. The van der Waals surface area contributed by atoms with Crippen LogP contribution < -0.4 is 10.0 Å². The van der Waals surface area contributed by atoms with Gasteiger partial charge >= 0.3 is 0 Å². The molecular formula is C16H20N6O4S. The third-order valence-electron chi connectivity index (χ3n) is 5.18. The van der Waals surface area contributed by atoms with Crippen LogP contribution in [0.25, 0.3) is 0 Å². The maximum absolute atomic E-state index is 11.7. The number of hydrogen-bond donors (Lipinski definition) is 1. The quantitative estimate of drug-likeness (QED) is 0.602. The lowest BCUT2D eigenvalue weighted by Crippen LogP contribution is -2.34. The first-order chi connectivity index (χ1) is 12.8. The van der Waals surface area contributed by atoms with E-state index in [9.17, 15) is 18.5 Å². The third kappa shape index (κ3) is 3.65. The lowest BCUT2D eigenvalue weighted by atomic mass is 9.95. The molecule has 0 amide bonds. The molecule has 0 unspecified atom stereocenters. The lowest BCUT2D eigenvalue weighted by molar-refractivity contribution is -0.385. The molecule has 1 saturated heterocycles. The topological polar surface area (TPSA) is 137 Å². The van der Waals surface area contributed by atoms with Gasteiger partial charge in [-0.3, -0.25) is 10.1 Å². The van der Waals surface area contributed by atoms with Crippen molar-refractivity contribution in [2.24, 2.45) is 5.14 Å². The number of non-ortho nitro benzene ring substituents is 1. The zero-order chi connectivity index (χ0) is 19.2. The molecule has 27 heavy (non-hydrogen) atoms. The number of benzene rings is 1. The standard InChI is InChI=1S/C16H20N6O4S/c17-27(25,26)15-8-13(7-14(9-15)22(23)24)20-5-3-11(4-6-20)16-19-18-10-21(16)12-1-2-12/h7-12H,1-6H2,(H2,17,25,26). The molecular weight excluding hydrogens is 372 g/mol. The number of nitro benzene ring substituents is 1. The van der Waals surface area contributed by atoms with Crippen molar-refractivity contribution in [3.63, 3.8) is 0 Å². The van der Waals surface area contributed by atoms with Crippen LogP contribution in [-0.4, -0.2) is 41.2 Å². The Morgan fingerprint density at radius 3 is 2.44 bits per heavy atom. The Morgan fingerprint density at radius 2 is 1.85 bits per heavy atom. The Kier molecular flexibility index (Phi) is 4.35. The smallest absolute Gasteiger partial charge is 0.272 e.